The molecule has 0 heterocycles. The molecule has 0 saturated heterocycles. The lowest BCUT2D eigenvalue weighted by molar-refractivity contribution is -0.236. The van der Waals surface area contributed by atoms with Crippen molar-refractivity contribution in [1.82, 2.24) is 0 Å². The molecule has 0 aromatic rings. The van der Waals surface area contributed by atoms with Crippen LogP contribution in [0.3, 0.4) is 0 Å². The minimum atomic E-state index is -0.886. The van der Waals surface area contributed by atoms with Gasteiger partial charge in [0, 0.05) is 0 Å². The monoisotopic (exact) mass is 175 g/mol. The molecule has 4 heteroatoms. The number of hydrogen-bond donors (Lipinski definition) is 1. The van der Waals surface area contributed by atoms with Crippen LogP contribution in [0.25, 0.3) is 0 Å². The van der Waals surface area contributed by atoms with Crippen LogP contribution in [0.1, 0.15) is 39.0 Å². The summed E-state index contributed by atoms with van der Waals surface area (Å²) in [4.78, 5) is 18.6. The molecule has 72 valence electrons. The second kappa shape index (κ2) is 8.33. The molecular formula is C8H17NO3. The van der Waals surface area contributed by atoms with Gasteiger partial charge in [-0.3, -0.25) is 4.89 Å². The highest BCUT2D eigenvalue weighted by Gasteiger charge is 1.94. The van der Waals surface area contributed by atoms with Crippen LogP contribution < -0.4 is 5.73 Å². The van der Waals surface area contributed by atoms with E-state index in [1.54, 1.807) is 0 Å². The van der Waals surface area contributed by atoms with Gasteiger partial charge < -0.3 is 5.73 Å². The number of primary amides is 1. The van der Waals surface area contributed by atoms with Gasteiger partial charge in [0.2, 0.25) is 0 Å². The van der Waals surface area contributed by atoms with Gasteiger partial charge in [0.25, 0.3) is 0 Å². The second-order valence-electron chi connectivity index (χ2n) is 2.64. The maximum absolute atomic E-state index is 10.0. The van der Waals surface area contributed by atoms with Crippen molar-refractivity contribution >= 4 is 6.09 Å². The zero-order valence-electron chi connectivity index (χ0n) is 7.54. The first-order valence-corrected chi connectivity index (χ1v) is 4.36. The lowest BCUT2D eigenvalue weighted by Crippen LogP contribution is -2.13. The number of hydrogen-bond acceptors (Lipinski definition) is 3. The summed E-state index contributed by atoms with van der Waals surface area (Å²) < 4.78 is 0. The Labute approximate surface area is 73.0 Å². The topological polar surface area (TPSA) is 61.6 Å². The Morgan fingerprint density at radius 1 is 1.25 bits per heavy atom. The van der Waals surface area contributed by atoms with Crippen molar-refractivity contribution in [3.05, 3.63) is 0 Å². The second-order valence-corrected chi connectivity index (χ2v) is 2.64. The van der Waals surface area contributed by atoms with E-state index in [0.29, 0.717) is 6.61 Å². The summed E-state index contributed by atoms with van der Waals surface area (Å²) in [7, 11) is 0. The molecule has 2 N–H and O–H groups in total. The fourth-order valence-electron chi connectivity index (χ4n) is 0.864. The molecule has 0 radical (unpaired) electrons. The van der Waals surface area contributed by atoms with Crippen LogP contribution in [0.2, 0.25) is 0 Å². The SMILES string of the molecule is CCCCCCCOOC(N)=O. The van der Waals surface area contributed by atoms with Crippen LogP contribution in [0.5, 0.6) is 0 Å². The lowest BCUT2D eigenvalue weighted by atomic mass is 10.2. The van der Waals surface area contributed by atoms with Crippen LogP contribution in [0.4, 0.5) is 4.79 Å². The standard InChI is InChI=1S/C8H17NO3/c1-2-3-4-5-6-7-11-12-8(9)10/h2-7H2,1H3,(H2,9,10). The molecule has 0 fully saturated rings. The highest BCUT2D eigenvalue weighted by Crippen LogP contribution is 2.02. The molecule has 0 saturated carbocycles. The Hall–Kier alpha value is -0.770. The third-order valence-corrected chi connectivity index (χ3v) is 1.47. The van der Waals surface area contributed by atoms with E-state index in [1.807, 2.05) is 0 Å². The molecule has 0 rings (SSSR count). The summed E-state index contributed by atoms with van der Waals surface area (Å²) in [6, 6.07) is 0. The van der Waals surface area contributed by atoms with Crippen LogP contribution in [0.15, 0.2) is 0 Å². The third kappa shape index (κ3) is 9.23. The summed E-state index contributed by atoms with van der Waals surface area (Å²) in [6.45, 7) is 2.60. The summed E-state index contributed by atoms with van der Waals surface area (Å²) in [5, 5.41) is 0. The van der Waals surface area contributed by atoms with E-state index in [2.05, 4.69) is 22.4 Å². The minimum absolute atomic E-state index is 0.437. The number of carbonyl (C=O) groups excluding carboxylic acids is 1. The predicted molar refractivity (Wildman–Crippen MR) is 45.4 cm³/mol. The quantitative estimate of drug-likeness (QED) is 0.365. The molecule has 0 spiro atoms. The lowest BCUT2D eigenvalue weighted by Gasteiger charge is -2.00. The molecule has 0 unspecified atom stereocenters. The van der Waals surface area contributed by atoms with E-state index in [4.69, 9.17) is 0 Å². The van der Waals surface area contributed by atoms with Gasteiger partial charge in [-0.1, -0.05) is 32.6 Å². The van der Waals surface area contributed by atoms with E-state index < -0.39 is 6.09 Å². The van der Waals surface area contributed by atoms with E-state index in [-0.39, 0.29) is 0 Å². The van der Waals surface area contributed by atoms with E-state index in [1.165, 1.54) is 19.3 Å². The van der Waals surface area contributed by atoms with Gasteiger partial charge in [-0.05, 0) is 6.42 Å². The highest BCUT2D eigenvalue weighted by molar-refractivity contribution is 5.63. The molecule has 0 aromatic heterocycles. The zero-order chi connectivity index (χ0) is 9.23. The van der Waals surface area contributed by atoms with Crippen molar-refractivity contribution in [2.45, 2.75) is 39.0 Å². The van der Waals surface area contributed by atoms with Crippen LogP contribution in [-0.4, -0.2) is 12.7 Å². The summed E-state index contributed by atoms with van der Waals surface area (Å²) in [6.07, 6.45) is 4.80. The summed E-state index contributed by atoms with van der Waals surface area (Å²) >= 11 is 0. The number of unbranched alkanes of at least 4 members (excludes halogenated alkanes) is 4. The van der Waals surface area contributed by atoms with Crippen LogP contribution >= 0.6 is 0 Å². The molecule has 0 aliphatic carbocycles. The zero-order valence-corrected chi connectivity index (χ0v) is 7.54. The van der Waals surface area contributed by atoms with Crippen LogP contribution in [0, 0.1) is 0 Å². The highest BCUT2D eigenvalue weighted by atomic mass is 17.2. The van der Waals surface area contributed by atoms with Crippen molar-refractivity contribution < 1.29 is 14.6 Å². The minimum Gasteiger partial charge on any atom is -0.333 e. The Bertz CT molecular complexity index is 117. The van der Waals surface area contributed by atoms with Crippen molar-refractivity contribution in [2.24, 2.45) is 5.73 Å². The fourth-order valence-corrected chi connectivity index (χ4v) is 0.864. The molecular weight excluding hydrogens is 158 g/mol. The third-order valence-electron chi connectivity index (χ3n) is 1.47. The number of rotatable bonds is 7. The van der Waals surface area contributed by atoms with Gasteiger partial charge in [-0.25, -0.2) is 4.79 Å². The van der Waals surface area contributed by atoms with Crippen molar-refractivity contribution in [1.29, 1.82) is 0 Å². The van der Waals surface area contributed by atoms with E-state index in [0.717, 1.165) is 12.8 Å². The van der Waals surface area contributed by atoms with Crippen molar-refractivity contribution in [3.63, 3.8) is 0 Å². The maximum Gasteiger partial charge on any atom is 0.436 e. The average Bonchev–Trinajstić information content (AvgIpc) is 2.02. The Morgan fingerprint density at radius 2 is 1.92 bits per heavy atom. The van der Waals surface area contributed by atoms with Crippen molar-refractivity contribution in [3.8, 4) is 0 Å². The van der Waals surface area contributed by atoms with Gasteiger partial charge in [0.05, 0.1) is 6.61 Å². The molecule has 0 aliphatic heterocycles. The van der Waals surface area contributed by atoms with Gasteiger partial charge in [0.15, 0.2) is 0 Å². The van der Waals surface area contributed by atoms with Gasteiger partial charge >= 0.3 is 6.09 Å². The molecule has 0 aliphatic rings. The molecule has 12 heavy (non-hydrogen) atoms. The average molecular weight is 175 g/mol. The smallest absolute Gasteiger partial charge is 0.333 e. The molecule has 0 bridgehead atoms. The summed E-state index contributed by atoms with van der Waals surface area (Å²) in [5.74, 6) is 0. The molecule has 0 atom stereocenters. The Balaban J connectivity index is 2.86. The van der Waals surface area contributed by atoms with Gasteiger partial charge in [-0.2, -0.15) is 4.89 Å². The van der Waals surface area contributed by atoms with Crippen LogP contribution in [-0.2, 0) is 9.78 Å². The van der Waals surface area contributed by atoms with Crippen molar-refractivity contribution in [2.75, 3.05) is 6.61 Å². The van der Waals surface area contributed by atoms with E-state index in [9.17, 15) is 4.79 Å². The first-order valence-electron chi connectivity index (χ1n) is 4.36. The number of nitrogens with two attached hydrogens (primary N) is 1. The molecule has 1 amide bonds. The Morgan fingerprint density at radius 3 is 2.50 bits per heavy atom. The predicted octanol–water partition coefficient (Wildman–Crippen LogP) is 1.98. The molecule has 4 nitrogen and oxygen atoms in total. The van der Waals surface area contributed by atoms with E-state index >= 15 is 0 Å². The number of amides is 1. The molecule has 0 aromatic carbocycles. The normalized spacial score (nSPS) is 9.75. The number of carbonyl (C=O) groups is 1. The Kier molecular flexibility index (Phi) is 7.79. The first-order chi connectivity index (χ1) is 5.77. The fraction of sp³-hybridized carbons (Fsp3) is 0.875. The largest absolute Gasteiger partial charge is 0.436 e. The first kappa shape index (κ1) is 11.2. The van der Waals surface area contributed by atoms with Gasteiger partial charge in [-0.15, -0.1) is 0 Å². The summed E-state index contributed by atoms with van der Waals surface area (Å²) in [5.41, 5.74) is 4.67. The van der Waals surface area contributed by atoms with Gasteiger partial charge in [0.1, 0.15) is 0 Å². The maximum atomic E-state index is 10.0.